The third kappa shape index (κ3) is 2.88. The number of carbonyl (C=O) groups is 1. The van der Waals surface area contributed by atoms with E-state index in [2.05, 4.69) is 26.2 Å². The zero-order valence-corrected chi connectivity index (χ0v) is 13.4. The van der Waals surface area contributed by atoms with Gasteiger partial charge in [0.2, 0.25) is 0 Å². The summed E-state index contributed by atoms with van der Waals surface area (Å²) in [7, 11) is -4.07. The molecule has 3 aromatic rings. The summed E-state index contributed by atoms with van der Waals surface area (Å²) >= 11 is 0. The lowest BCUT2D eigenvalue weighted by atomic mass is 10.2. The summed E-state index contributed by atoms with van der Waals surface area (Å²) < 4.78 is 26.2. The Morgan fingerprint density at radius 2 is 2.00 bits per heavy atom. The van der Waals surface area contributed by atoms with Gasteiger partial charge in [-0.2, -0.15) is 0 Å². The number of nitrogens with zero attached hydrogens (tertiary/aromatic N) is 3. The van der Waals surface area contributed by atoms with Crippen molar-refractivity contribution >= 4 is 27.1 Å². The van der Waals surface area contributed by atoms with Crippen LogP contribution in [0.1, 0.15) is 10.4 Å². The number of rotatable bonds is 4. The maximum atomic E-state index is 12.7. The first-order valence-electron chi connectivity index (χ1n) is 6.93. The molecule has 1 aromatic carbocycles. The molecule has 0 aliphatic rings. The van der Waals surface area contributed by atoms with Crippen molar-refractivity contribution in [3.8, 4) is 12.3 Å². The lowest BCUT2D eigenvalue weighted by molar-refractivity contribution is 0.0958. The molecule has 0 unspecified atom stereocenters. The molecule has 0 radical (unpaired) electrons. The minimum atomic E-state index is -4.07. The van der Waals surface area contributed by atoms with Crippen molar-refractivity contribution in [3.63, 3.8) is 0 Å². The highest BCUT2D eigenvalue weighted by atomic mass is 32.2. The van der Waals surface area contributed by atoms with Gasteiger partial charge in [0, 0.05) is 5.56 Å². The van der Waals surface area contributed by atoms with Crippen molar-refractivity contribution in [3.05, 3.63) is 52.8 Å². The highest BCUT2D eigenvalue weighted by Crippen LogP contribution is 2.17. The van der Waals surface area contributed by atoms with Crippen LogP contribution in [0.4, 0.5) is 0 Å². The normalized spacial score (nSPS) is 11.2. The van der Waals surface area contributed by atoms with E-state index >= 15 is 0 Å². The molecule has 2 aromatic heterocycles. The second-order valence-electron chi connectivity index (χ2n) is 4.86. The van der Waals surface area contributed by atoms with Gasteiger partial charge in [0.1, 0.15) is 6.33 Å². The van der Waals surface area contributed by atoms with Gasteiger partial charge in [-0.25, -0.2) is 22.4 Å². The smallest absolute Gasteiger partial charge is 0.278 e. The molecule has 9 nitrogen and oxygen atoms in total. The van der Waals surface area contributed by atoms with Crippen LogP contribution in [0.25, 0.3) is 11.2 Å². The predicted octanol–water partition coefficient (Wildman–Crippen LogP) is -0.280. The zero-order valence-electron chi connectivity index (χ0n) is 12.6. The average Bonchev–Trinajstić information content (AvgIpc) is 3.06. The van der Waals surface area contributed by atoms with Gasteiger partial charge in [-0.1, -0.05) is 5.92 Å². The van der Waals surface area contributed by atoms with E-state index in [4.69, 9.17) is 6.42 Å². The number of hydrogen-bond acceptors (Lipinski definition) is 6. The first-order valence-corrected chi connectivity index (χ1v) is 8.37. The monoisotopic (exact) mass is 357 g/mol. The van der Waals surface area contributed by atoms with Gasteiger partial charge >= 0.3 is 0 Å². The number of carbonyl (C=O) groups excluding carboxylic acids is 1. The summed E-state index contributed by atoms with van der Waals surface area (Å²) in [5, 5.41) is 2.47. The van der Waals surface area contributed by atoms with Gasteiger partial charge in [-0.15, -0.1) is 6.42 Å². The number of nitrogens with one attached hydrogen (secondary N) is 2. The van der Waals surface area contributed by atoms with E-state index in [1.165, 1.54) is 24.3 Å². The molecule has 0 fully saturated rings. The third-order valence-electron chi connectivity index (χ3n) is 3.34. The lowest BCUT2D eigenvalue weighted by Crippen LogP contribution is -2.23. The highest BCUT2D eigenvalue weighted by molar-refractivity contribution is 7.90. The van der Waals surface area contributed by atoms with Crippen LogP contribution in [0.15, 0.2) is 46.6 Å². The molecule has 10 heteroatoms. The largest absolute Gasteiger partial charge is 0.341 e. The molecule has 0 saturated carbocycles. The highest BCUT2D eigenvalue weighted by Gasteiger charge is 2.22. The van der Waals surface area contributed by atoms with Gasteiger partial charge < -0.3 is 10.3 Å². The number of aromatic nitrogens is 4. The van der Waals surface area contributed by atoms with Crippen LogP contribution in [-0.4, -0.2) is 39.8 Å². The first-order chi connectivity index (χ1) is 11.9. The fourth-order valence-corrected chi connectivity index (χ4v) is 3.43. The van der Waals surface area contributed by atoms with E-state index in [1.807, 2.05) is 0 Å². The maximum absolute atomic E-state index is 12.7. The van der Waals surface area contributed by atoms with Crippen molar-refractivity contribution in [1.82, 2.24) is 24.2 Å². The minimum absolute atomic E-state index is 0.0117. The van der Waals surface area contributed by atoms with Gasteiger partial charge in [-0.05, 0) is 24.3 Å². The number of H-pyrrole nitrogens is 1. The summed E-state index contributed by atoms with van der Waals surface area (Å²) in [5.74, 6) is 1.85. The van der Waals surface area contributed by atoms with Gasteiger partial charge in [-0.3, -0.25) is 9.59 Å². The molecular formula is C15H11N5O4S. The number of amides is 1. The first kappa shape index (κ1) is 16.4. The predicted molar refractivity (Wildman–Crippen MR) is 88.3 cm³/mol. The van der Waals surface area contributed by atoms with Crippen LogP contribution < -0.4 is 10.9 Å². The maximum Gasteiger partial charge on any atom is 0.278 e. The van der Waals surface area contributed by atoms with Crippen molar-refractivity contribution in [2.75, 3.05) is 6.54 Å². The molecule has 0 saturated heterocycles. The van der Waals surface area contributed by atoms with Crippen LogP contribution in [-0.2, 0) is 10.0 Å². The van der Waals surface area contributed by atoms with Crippen LogP contribution in [0.2, 0.25) is 0 Å². The molecule has 0 atom stereocenters. The van der Waals surface area contributed by atoms with Gasteiger partial charge in [0.05, 0.1) is 17.8 Å². The molecule has 126 valence electrons. The summed E-state index contributed by atoms with van der Waals surface area (Å²) in [6.07, 6.45) is 7.21. The molecule has 0 bridgehead atoms. The molecule has 0 aliphatic heterocycles. The van der Waals surface area contributed by atoms with E-state index in [-0.39, 0.29) is 28.2 Å². The molecule has 1 amide bonds. The van der Waals surface area contributed by atoms with Crippen LogP contribution in [0, 0.1) is 12.3 Å². The van der Waals surface area contributed by atoms with Gasteiger partial charge in [0.15, 0.2) is 11.2 Å². The Bertz CT molecular complexity index is 1150. The van der Waals surface area contributed by atoms with Crippen molar-refractivity contribution in [2.24, 2.45) is 0 Å². The summed E-state index contributed by atoms with van der Waals surface area (Å²) in [4.78, 5) is 33.5. The average molecular weight is 357 g/mol. The van der Waals surface area contributed by atoms with Crippen molar-refractivity contribution in [1.29, 1.82) is 0 Å². The van der Waals surface area contributed by atoms with E-state index in [9.17, 15) is 18.0 Å². The molecule has 2 heterocycles. The SMILES string of the molecule is C#CCNC(=O)c1ccc(S(=O)(=O)n2cnc3nc[nH]c(=O)c32)cc1. The number of benzene rings is 1. The van der Waals surface area contributed by atoms with Gasteiger partial charge in [0.25, 0.3) is 21.5 Å². The number of terminal acetylenes is 1. The number of imidazole rings is 1. The topological polar surface area (TPSA) is 127 Å². The minimum Gasteiger partial charge on any atom is -0.341 e. The Kier molecular flexibility index (Phi) is 4.08. The molecule has 25 heavy (non-hydrogen) atoms. The number of fused-ring (bicyclic) bond motifs is 1. The Labute approximate surface area is 141 Å². The number of hydrogen-bond donors (Lipinski definition) is 2. The van der Waals surface area contributed by atoms with E-state index in [0.717, 1.165) is 16.6 Å². The quantitative estimate of drug-likeness (QED) is 0.618. The fourth-order valence-electron chi connectivity index (χ4n) is 2.15. The van der Waals surface area contributed by atoms with E-state index in [1.54, 1.807) is 0 Å². The molecule has 0 aliphatic carbocycles. The number of aromatic amines is 1. The summed E-state index contributed by atoms with van der Waals surface area (Å²) in [6.45, 7) is 0.0652. The second kappa shape index (κ2) is 6.21. The fraction of sp³-hybridized carbons (Fsp3) is 0.0667. The van der Waals surface area contributed by atoms with Crippen LogP contribution in [0.3, 0.4) is 0 Å². The van der Waals surface area contributed by atoms with Crippen molar-refractivity contribution < 1.29 is 13.2 Å². The standard InChI is InChI=1S/C15H11N5O4S/c1-2-7-16-14(21)10-3-5-11(6-4-10)25(23,24)20-9-19-13-12(20)15(22)18-8-17-13/h1,3-6,8-9H,7H2,(H,16,21)(H,17,18,22). The third-order valence-corrected chi connectivity index (χ3v) is 5.00. The molecule has 0 spiro atoms. The van der Waals surface area contributed by atoms with Crippen LogP contribution in [0.5, 0.6) is 0 Å². The van der Waals surface area contributed by atoms with E-state index in [0.29, 0.717) is 0 Å². The Balaban J connectivity index is 2.02. The second-order valence-corrected chi connectivity index (χ2v) is 6.68. The zero-order chi connectivity index (χ0) is 18.0. The lowest BCUT2D eigenvalue weighted by Gasteiger charge is -2.07. The molecular weight excluding hydrogens is 346 g/mol. The van der Waals surface area contributed by atoms with Crippen LogP contribution >= 0.6 is 0 Å². The van der Waals surface area contributed by atoms with Crippen molar-refractivity contribution in [2.45, 2.75) is 4.90 Å². The summed E-state index contributed by atoms with van der Waals surface area (Å²) in [6, 6.07) is 5.22. The molecule has 2 N–H and O–H groups in total. The summed E-state index contributed by atoms with van der Waals surface area (Å²) in [5.41, 5.74) is -0.545. The molecule has 3 rings (SSSR count). The Morgan fingerprint density at radius 1 is 1.28 bits per heavy atom. The Morgan fingerprint density at radius 3 is 2.68 bits per heavy atom. The van der Waals surface area contributed by atoms with E-state index < -0.39 is 21.5 Å². The Hall–Kier alpha value is -3.45.